The number of nitrogens with one attached hydrogen (secondary N) is 2. The second kappa shape index (κ2) is 7.69. The number of anilines is 2. The van der Waals surface area contributed by atoms with Crippen molar-refractivity contribution in [3.8, 4) is 11.5 Å². The smallest absolute Gasteiger partial charge is 0.336 e. The van der Waals surface area contributed by atoms with Crippen LogP contribution in [0.4, 0.5) is 11.4 Å². The molecule has 2 aromatic carbocycles. The zero-order valence-corrected chi connectivity index (χ0v) is 16.7. The fourth-order valence-electron chi connectivity index (χ4n) is 2.71. The first-order valence-corrected chi connectivity index (χ1v) is 10.8. The summed E-state index contributed by atoms with van der Waals surface area (Å²) in [5.74, 6) is -0.702. The predicted octanol–water partition coefficient (Wildman–Crippen LogP) is 3.23. The first kappa shape index (κ1) is 19.7. The highest BCUT2D eigenvalue weighted by atomic mass is 32.2. The molecule has 11 heteroatoms. The number of amides is 1. The van der Waals surface area contributed by atoms with Crippen molar-refractivity contribution in [2.45, 2.75) is 4.21 Å². The number of carboxylic acids is 1. The number of hydrogen-bond donors (Lipinski definition) is 3. The highest BCUT2D eigenvalue weighted by Crippen LogP contribution is 2.34. The standard InChI is InChI=1S/C19H14N2O7S2/c22-18(20-12-5-6-15-16(8-12)28-10-27-15)13-3-1-2-4-14(13)21-30(25,26)17-7-11(9-29-17)19(23)24/h1-9,21H,10H2,(H,20,22)(H,23,24). The molecule has 1 aromatic heterocycles. The van der Waals surface area contributed by atoms with E-state index in [4.69, 9.17) is 14.6 Å². The number of aromatic carboxylic acids is 1. The van der Waals surface area contributed by atoms with Gasteiger partial charge in [-0.05, 0) is 30.3 Å². The van der Waals surface area contributed by atoms with Crippen LogP contribution in [0.15, 0.2) is 58.1 Å². The summed E-state index contributed by atoms with van der Waals surface area (Å²) in [6.07, 6.45) is 0. The van der Waals surface area contributed by atoms with Crippen LogP contribution >= 0.6 is 11.3 Å². The summed E-state index contributed by atoms with van der Waals surface area (Å²) >= 11 is 0.775. The van der Waals surface area contributed by atoms with Crippen LogP contribution in [-0.2, 0) is 10.0 Å². The summed E-state index contributed by atoms with van der Waals surface area (Å²) in [5.41, 5.74) is 0.468. The molecule has 0 radical (unpaired) electrons. The van der Waals surface area contributed by atoms with E-state index in [1.54, 1.807) is 30.3 Å². The maximum atomic E-state index is 12.8. The Labute approximate surface area is 174 Å². The molecule has 30 heavy (non-hydrogen) atoms. The molecule has 0 saturated carbocycles. The topological polar surface area (TPSA) is 131 Å². The van der Waals surface area contributed by atoms with Crippen LogP contribution in [0.3, 0.4) is 0 Å². The molecular formula is C19H14N2O7S2. The van der Waals surface area contributed by atoms with Gasteiger partial charge in [0.25, 0.3) is 15.9 Å². The zero-order valence-electron chi connectivity index (χ0n) is 15.1. The Morgan fingerprint density at radius 2 is 1.80 bits per heavy atom. The lowest BCUT2D eigenvalue weighted by atomic mass is 10.1. The van der Waals surface area contributed by atoms with E-state index in [0.717, 1.165) is 17.4 Å². The number of fused-ring (bicyclic) bond motifs is 1. The average Bonchev–Trinajstić information content (AvgIpc) is 3.38. The van der Waals surface area contributed by atoms with Crippen LogP contribution in [0.1, 0.15) is 20.7 Å². The second-order valence-corrected chi connectivity index (χ2v) is 8.95. The van der Waals surface area contributed by atoms with Gasteiger partial charge in [0.1, 0.15) is 4.21 Å². The Hall–Kier alpha value is -3.57. The summed E-state index contributed by atoms with van der Waals surface area (Å²) in [7, 11) is -4.07. The van der Waals surface area contributed by atoms with Crippen molar-refractivity contribution in [2.75, 3.05) is 16.8 Å². The molecule has 0 saturated heterocycles. The molecular weight excluding hydrogens is 432 g/mol. The van der Waals surface area contributed by atoms with Crippen molar-refractivity contribution >= 4 is 44.6 Å². The number of thiophene rings is 1. The van der Waals surface area contributed by atoms with Gasteiger partial charge in [-0.3, -0.25) is 9.52 Å². The van der Waals surface area contributed by atoms with E-state index < -0.39 is 21.9 Å². The van der Waals surface area contributed by atoms with Gasteiger partial charge in [0.15, 0.2) is 11.5 Å². The lowest BCUT2D eigenvalue weighted by molar-refractivity contribution is 0.0697. The summed E-state index contributed by atoms with van der Waals surface area (Å²) in [5, 5.41) is 12.9. The first-order chi connectivity index (χ1) is 14.3. The van der Waals surface area contributed by atoms with Crippen LogP contribution in [0.5, 0.6) is 11.5 Å². The molecule has 2 heterocycles. The Bertz CT molecular complexity index is 1250. The Balaban J connectivity index is 1.57. The molecule has 9 nitrogen and oxygen atoms in total. The fourth-order valence-corrected chi connectivity index (χ4v) is 4.94. The second-order valence-electron chi connectivity index (χ2n) is 6.13. The highest BCUT2D eigenvalue weighted by Gasteiger charge is 2.22. The molecule has 0 bridgehead atoms. The normalized spacial score (nSPS) is 12.4. The molecule has 4 rings (SSSR count). The zero-order chi connectivity index (χ0) is 21.3. The van der Waals surface area contributed by atoms with Gasteiger partial charge in [-0.15, -0.1) is 11.3 Å². The van der Waals surface area contributed by atoms with Crippen molar-refractivity contribution in [3.05, 3.63) is 65.0 Å². The van der Waals surface area contributed by atoms with Crippen LogP contribution < -0.4 is 19.5 Å². The number of carbonyl (C=O) groups is 2. The van der Waals surface area contributed by atoms with Crippen LogP contribution in [-0.4, -0.2) is 32.2 Å². The van der Waals surface area contributed by atoms with Crippen molar-refractivity contribution < 1.29 is 32.6 Å². The van der Waals surface area contributed by atoms with Gasteiger partial charge in [-0.1, -0.05) is 12.1 Å². The first-order valence-electron chi connectivity index (χ1n) is 8.48. The van der Waals surface area contributed by atoms with E-state index in [1.807, 2.05) is 0 Å². The number of ether oxygens (including phenoxy) is 2. The highest BCUT2D eigenvalue weighted by molar-refractivity contribution is 7.94. The van der Waals surface area contributed by atoms with E-state index >= 15 is 0 Å². The average molecular weight is 446 g/mol. The van der Waals surface area contributed by atoms with Crippen molar-refractivity contribution in [1.29, 1.82) is 0 Å². The number of benzene rings is 2. The van der Waals surface area contributed by atoms with Crippen LogP contribution in [0.25, 0.3) is 0 Å². The lowest BCUT2D eigenvalue weighted by Gasteiger charge is -2.12. The number of carbonyl (C=O) groups excluding carboxylic acids is 1. The van der Waals surface area contributed by atoms with Gasteiger partial charge >= 0.3 is 5.97 Å². The van der Waals surface area contributed by atoms with E-state index in [1.165, 1.54) is 17.5 Å². The Morgan fingerprint density at radius 3 is 2.57 bits per heavy atom. The molecule has 1 aliphatic rings. The quantitative estimate of drug-likeness (QED) is 0.530. The monoisotopic (exact) mass is 446 g/mol. The molecule has 0 atom stereocenters. The van der Waals surface area contributed by atoms with Crippen LogP contribution in [0, 0.1) is 0 Å². The largest absolute Gasteiger partial charge is 0.478 e. The number of sulfonamides is 1. The lowest BCUT2D eigenvalue weighted by Crippen LogP contribution is -2.18. The molecule has 0 aliphatic carbocycles. The van der Waals surface area contributed by atoms with Gasteiger partial charge < -0.3 is 19.9 Å². The molecule has 1 aliphatic heterocycles. The predicted molar refractivity (Wildman–Crippen MR) is 109 cm³/mol. The SMILES string of the molecule is O=C(O)c1csc(S(=O)(=O)Nc2ccccc2C(=O)Nc2ccc3c(c2)OCO3)c1. The minimum atomic E-state index is -4.07. The van der Waals surface area contributed by atoms with Gasteiger partial charge in [0, 0.05) is 17.1 Å². The summed E-state index contributed by atoms with van der Waals surface area (Å²) in [6.45, 7) is 0.101. The van der Waals surface area contributed by atoms with Gasteiger partial charge in [-0.25, -0.2) is 13.2 Å². The maximum absolute atomic E-state index is 12.8. The summed E-state index contributed by atoms with van der Waals surface area (Å²) in [4.78, 5) is 23.8. The molecule has 0 unspecified atom stereocenters. The fraction of sp³-hybridized carbons (Fsp3) is 0.0526. The number of rotatable bonds is 6. The Morgan fingerprint density at radius 1 is 1.03 bits per heavy atom. The molecule has 3 aromatic rings. The minimum Gasteiger partial charge on any atom is -0.478 e. The van der Waals surface area contributed by atoms with Crippen molar-refractivity contribution in [1.82, 2.24) is 0 Å². The molecule has 154 valence electrons. The number of para-hydroxylation sites is 1. The Kier molecular flexibility index (Phi) is 5.06. The third-order valence-corrected chi connectivity index (χ3v) is 6.94. The maximum Gasteiger partial charge on any atom is 0.336 e. The van der Waals surface area contributed by atoms with Crippen molar-refractivity contribution in [2.24, 2.45) is 0 Å². The van der Waals surface area contributed by atoms with Crippen LogP contribution in [0.2, 0.25) is 0 Å². The summed E-state index contributed by atoms with van der Waals surface area (Å²) in [6, 6.07) is 12.0. The molecule has 3 N–H and O–H groups in total. The van der Waals surface area contributed by atoms with E-state index in [-0.39, 0.29) is 27.8 Å². The molecule has 0 spiro atoms. The molecule has 1 amide bonds. The van der Waals surface area contributed by atoms with E-state index in [0.29, 0.717) is 17.2 Å². The third kappa shape index (κ3) is 3.93. The van der Waals surface area contributed by atoms with E-state index in [9.17, 15) is 18.0 Å². The number of hydrogen-bond acceptors (Lipinski definition) is 7. The van der Waals surface area contributed by atoms with Crippen molar-refractivity contribution in [3.63, 3.8) is 0 Å². The molecule has 0 fully saturated rings. The third-order valence-electron chi connectivity index (χ3n) is 4.13. The van der Waals surface area contributed by atoms with Gasteiger partial charge in [-0.2, -0.15) is 0 Å². The summed E-state index contributed by atoms with van der Waals surface area (Å²) < 4.78 is 38.0. The van der Waals surface area contributed by atoms with E-state index in [2.05, 4.69) is 10.0 Å². The van der Waals surface area contributed by atoms with Gasteiger partial charge in [0.2, 0.25) is 6.79 Å². The number of carboxylic acid groups (broad SMARTS) is 1. The minimum absolute atomic E-state index is 0.0565. The van der Waals surface area contributed by atoms with Gasteiger partial charge in [0.05, 0.1) is 16.8 Å².